The lowest BCUT2D eigenvalue weighted by Crippen LogP contribution is -2.32. The van der Waals surface area contributed by atoms with Gasteiger partial charge in [-0.25, -0.2) is 8.42 Å². The summed E-state index contributed by atoms with van der Waals surface area (Å²) in [6.07, 6.45) is 1.97. The van der Waals surface area contributed by atoms with Gasteiger partial charge < -0.3 is 5.32 Å². The Bertz CT molecular complexity index is 565. The van der Waals surface area contributed by atoms with E-state index in [0.29, 0.717) is 27.8 Å². The molecule has 0 saturated heterocycles. The Labute approximate surface area is 133 Å². The maximum absolute atomic E-state index is 12.7. The molecule has 1 aromatic rings. The molecule has 1 aliphatic carbocycles. The molecule has 1 N–H and O–H groups in total. The summed E-state index contributed by atoms with van der Waals surface area (Å²) in [6.45, 7) is 7.29. The molecule has 1 aliphatic rings. The lowest BCUT2D eigenvalue weighted by Gasteiger charge is -2.19. The zero-order valence-electron chi connectivity index (χ0n) is 12.0. The van der Waals surface area contributed by atoms with Gasteiger partial charge in [0.05, 0.1) is 3.79 Å². The molecule has 1 aromatic heterocycles. The Balaban J connectivity index is 2.22. The minimum Gasteiger partial charge on any atom is -0.310 e. The number of rotatable bonds is 7. The number of hydrogen-bond acceptors (Lipinski definition) is 4. The first-order chi connectivity index (χ1) is 9.36. The highest BCUT2D eigenvalue weighted by Crippen LogP contribution is 2.37. The molecular formula is C13H21BrN2O2S2. The van der Waals surface area contributed by atoms with Crippen LogP contribution in [0.2, 0.25) is 0 Å². The third-order valence-electron chi connectivity index (χ3n) is 3.24. The average molecular weight is 381 g/mol. The van der Waals surface area contributed by atoms with Crippen LogP contribution in [-0.4, -0.2) is 31.4 Å². The molecule has 0 atom stereocenters. The van der Waals surface area contributed by atoms with Gasteiger partial charge in [0.25, 0.3) is 0 Å². The van der Waals surface area contributed by atoms with Crippen molar-refractivity contribution in [3.63, 3.8) is 0 Å². The third-order valence-corrected chi connectivity index (χ3v) is 7.52. The van der Waals surface area contributed by atoms with E-state index in [4.69, 9.17) is 0 Å². The van der Waals surface area contributed by atoms with Gasteiger partial charge in [0.15, 0.2) is 0 Å². The number of nitrogens with one attached hydrogen (secondary N) is 1. The normalized spacial score (nSPS) is 16.3. The van der Waals surface area contributed by atoms with E-state index in [9.17, 15) is 8.42 Å². The van der Waals surface area contributed by atoms with Gasteiger partial charge in [-0.05, 0) is 34.8 Å². The van der Waals surface area contributed by atoms with Crippen LogP contribution in [0.4, 0.5) is 0 Å². The van der Waals surface area contributed by atoms with Gasteiger partial charge in [0.2, 0.25) is 10.0 Å². The number of sulfonamides is 1. The molecule has 114 valence electrons. The van der Waals surface area contributed by atoms with E-state index in [-0.39, 0.29) is 6.04 Å². The van der Waals surface area contributed by atoms with Crippen LogP contribution in [0.5, 0.6) is 0 Å². The van der Waals surface area contributed by atoms with Crippen molar-refractivity contribution in [2.75, 3.05) is 6.54 Å². The summed E-state index contributed by atoms with van der Waals surface area (Å²) >= 11 is 4.90. The first-order valence-corrected chi connectivity index (χ1v) is 9.94. The minimum atomic E-state index is -3.37. The van der Waals surface area contributed by atoms with Gasteiger partial charge in [0.1, 0.15) is 4.90 Å². The van der Waals surface area contributed by atoms with E-state index in [2.05, 4.69) is 35.1 Å². The van der Waals surface area contributed by atoms with Gasteiger partial charge in [-0.3, -0.25) is 0 Å². The number of hydrogen-bond donors (Lipinski definition) is 1. The summed E-state index contributed by atoms with van der Waals surface area (Å²) in [7, 11) is -3.37. The smallest absolute Gasteiger partial charge is 0.245 e. The van der Waals surface area contributed by atoms with E-state index < -0.39 is 10.0 Å². The Morgan fingerprint density at radius 3 is 2.65 bits per heavy atom. The van der Waals surface area contributed by atoms with Gasteiger partial charge in [-0.1, -0.05) is 20.8 Å². The van der Waals surface area contributed by atoms with Crippen molar-refractivity contribution in [3.05, 3.63) is 14.7 Å². The van der Waals surface area contributed by atoms with Crippen LogP contribution in [0.15, 0.2) is 14.7 Å². The second kappa shape index (κ2) is 6.44. The minimum absolute atomic E-state index is 0.203. The zero-order chi connectivity index (χ0) is 14.9. The standard InChI is InChI=1S/C13H21BrN2O2S2/c1-4-16(10-5-6-10)20(17,18)12-7-11(19-13(12)14)8-15-9(2)3/h7,9-10,15H,4-6,8H2,1-3H3. The van der Waals surface area contributed by atoms with Crippen LogP contribution < -0.4 is 5.32 Å². The average Bonchev–Trinajstić information content (AvgIpc) is 3.09. The largest absolute Gasteiger partial charge is 0.310 e. The Morgan fingerprint density at radius 1 is 1.50 bits per heavy atom. The maximum atomic E-state index is 12.7. The summed E-state index contributed by atoms with van der Waals surface area (Å²) < 4.78 is 27.7. The quantitative estimate of drug-likeness (QED) is 0.789. The summed E-state index contributed by atoms with van der Waals surface area (Å²) in [6, 6.07) is 2.38. The molecule has 7 heteroatoms. The molecule has 0 radical (unpaired) electrons. The maximum Gasteiger partial charge on any atom is 0.245 e. The van der Waals surface area contributed by atoms with Crippen LogP contribution in [-0.2, 0) is 16.6 Å². The summed E-state index contributed by atoms with van der Waals surface area (Å²) in [5.74, 6) is 0. The van der Waals surface area contributed by atoms with Crippen molar-refractivity contribution in [2.45, 2.75) is 57.1 Å². The molecule has 0 aromatic carbocycles. The van der Waals surface area contributed by atoms with Crippen LogP contribution in [0, 0.1) is 0 Å². The molecule has 0 spiro atoms. The van der Waals surface area contributed by atoms with E-state index >= 15 is 0 Å². The molecule has 1 saturated carbocycles. The number of halogens is 1. The molecule has 2 rings (SSSR count). The van der Waals surface area contributed by atoms with Gasteiger partial charge >= 0.3 is 0 Å². The van der Waals surface area contributed by atoms with Gasteiger partial charge in [-0.15, -0.1) is 11.3 Å². The van der Waals surface area contributed by atoms with Crippen molar-refractivity contribution >= 4 is 37.3 Å². The van der Waals surface area contributed by atoms with E-state index in [1.165, 1.54) is 11.3 Å². The molecule has 1 heterocycles. The second-order valence-electron chi connectivity index (χ2n) is 5.33. The molecule has 0 amide bonds. The Morgan fingerprint density at radius 2 is 2.15 bits per heavy atom. The highest BCUT2D eigenvalue weighted by Gasteiger charge is 2.38. The monoisotopic (exact) mass is 380 g/mol. The summed E-state index contributed by atoms with van der Waals surface area (Å²) in [5.41, 5.74) is 0. The molecule has 0 bridgehead atoms. The molecule has 0 aliphatic heterocycles. The SMILES string of the molecule is CCN(C1CC1)S(=O)(=O)c1cc(CNC(C)C)sc1Br. The highest BCUT2D eigenvalue weighted by molar-refractivity contribution is 9.11. The van der Waals surface area contributed by atoms with Crippen molar-refractivity contribution in [1.29, 1.82) is 0 Å². The predicted molar refractivity (Wildman–Crippen MR) is 86.6 cm³/mol. The van der Waals surface area contributed by atoms with Crippen LogP contribution in [0.1, 0.15) is 38.5 Å². The van der Waals surface area contributed by atoms with E-state index in [1.807, 2.05) is 6.92 Å². The molecule has 4 nitrogen and oxygen atoms in total. The van der Waals surface area contributed by atoms with Crippen LogP contribution in [0.3, 0.4) is 0 Å². The number of thiophene rings is 1. The van der Waals surface area contributed by atoms with Crippen molar-refractivity contribution < 1.29 is 8.42 Å². The van der Waals surface area contributed by atoms with Crippen molar-refractivity contribution in [3.8, 4) is 0 Å². The molecular weight excluding hydrogens is 360 g/mol. The summed E-state index contributed by atoms with van der Waals surface area (Å²) in [5, 5.41) is 3.31. The molecule has 0 unspecified atom stereocenters. The van der Waals surface area contributed by atoms with E-state index in [1.54, 1.807) is 10.4 Å². The first kappa shape index (κ1) is 16.4. The summed E-state index contributed by atoms with van der Waals surface area (Å²) in [4.78, 5) is 1.45. The van der Waals surface area contributed by atoms with Gasteiger partial charge in [-0.2, -0.15) is 4.31 Å². The van der Waals surface area contributed by atoms with Crippen molar-refractivity contribution in [2.24, 2.45) is 0 Å². The Kier molecular flexibility index (Phi) is 5.29. The first-order valence-electron chi connectivity index (χ1n) is 6.89. The predicted octanol–water partition coefficient (Wildman–Crippen LogP) is 3.18. The topological polar surface area (TPSA) is 49.4 Å². The molecule has 20 heavy (non-hydrogen) atoms. The third kappa shape index (κ3) is 3.62. The fourth-order valence-electron chi connectivity index (χ4n) is 2.08. The lowest BCUT2D eigenvalue weighted by atomic mass is 10.4. The van der Waals surface area contributed by atoms with Crippen molar-refractivity contribution in [1.82, 2.24) is 9.62 Å². The fourth-order valence-corrected chi connectivity index (χ4v) is 6.36. The van der Waals surface area contributed by atoms with E-state index in [0.717, 1.165) is 17.7 Å². The second-order valence-corrected chi connectivity index (χ2v) is 9.64. The Hall–Kier alpha value is 0.0500. The lowest BCUT2D eigenvalue weighted by molar-refractivity contribution is 0.421. The molecule has 1 fully saturated rings. The number of nitrogens with zero attached hydrogens (tertiary/aromatic N) is 1. The van der Waals surface area contributed by atoms with Crippen LogP contribution >= 0.6 is 27.3 Å². The highest BCUT2D eigenvalue weighted by atomic mass is 79.9. The fraction of sp³-hybridized carbons (Fsp3) is 0.692. The van der Waals surface area contributed by atoms with Gasteiger partial charge in [0, 0.05) is 30.1 Å². The zero-order valence-corrected chi connectivity index (χ0v) is 15.2. The van der Waals surface area contributed by atoms with Crippen LogP contribution in [0.25, 0.3) is 0 Å².